The number of thiazole rings is 1. The van der Waals surface area contributed by atoms with Crippen molar-refractivity contribution in [2.75, 3.05) is 13.1 Å². The van der Waals surface area contributed by atoms with Crippen molar-refractivity contribution in [2.24, 2.45) is 11.3 Å². The number of alkyl halides is 3. The number of carbonyl (C=O) groups is 1. The number of aromatic nitrogens is 1. The lowest BCUT2D eigenvalue weighted by Crippen LogP contribution is -2.54. The minimum Gasteiger partial charge on any atom is -0.331 e. The number of rotatable bonds is 2. The van der Waals surface area contributed by atoms with Gasteiger partial charge in [0, 0.05) is 24.2 Å². The second-order valence-electron chi connectivity index (χ2n) is 6.32. The molecule has 1 fully saturated rings. The van der Waals surface area contributed by atoms with Crippen LogP contribution in [0.2, 0.25) is 0 Å². The number of carbonyl (C=O) groups excluding carboxylic acids is 1. The standard InChI is InChI=1S/C14H20F3N3OS/c1-9-6-18-11(22-9)7-19-12(21)20-5-4-10(14(15,16)17)13(2,3)8-20/h6,10H,4-5,7-8H2,1-3H3,(H,19,21). The summed E-state index contributed by atoms with van der Waals surface area (Å²) in [4.78, 5) is 18.8. The second-order valence-corrected chi connectivity index (χ2v) is 7.64. The summed E-state index contributed by atoms with van der Waals surface area (Å²) in [6, 6.07) is -0.332. The number of aryl methyl sites for hydroxylation is 1. The summed E-state index contributed by atoms with van der Waals surface area (Å²) in [6.45, 7) is 5.57. The van der Waals surface area contributed by atoms with E-state index in [1.165, 1.54) is 16.2 Å². The number of likely N-dealkylation sites (tertiary alicyclic amines) is 1. The Morgan fingerprint density at radius 1 is 1.55 bits per heavy atom. The Kier molecular flexibility index (Phi) is 4.70. The molecular formula is C14H20F3N3OS. The van der Waals surface area contributed by atoms with Gasteiger partial charge >= 0.3 is 12.2 Å². The molecule has 1 atom stereocenters. The lowest BCUT2D eigenvalue weighted by Gasteiger charge is -2.44. The summed E-state index contributed by atoms with van der Waals surface area (Å²) in [5.41, 5.74) is -0.981. The lowest BCUT2D eigenvalue weighted by molar-refractivity contribution is -0.214. The Morgan fingerprint density at radius 2 is 2.23 bits per heavy atom. The van der Waals surface area contributed by atoms with E-state index in [1.54, 1.807) is 20.0 Å². The van der Waals surface area contributed by atoms with E-state index >= 15 is 0 Å². The van der Waals surface area contributed by atoms with Gasteiger partial charge in [0.15, 0.2) is 0 Å². The molecule has 2 heterocycles. The van der Waals surface area contributed by atoms with Crippen molar-refractivity contribution in [1.82, 2.24) is 15.2 Å². The zero-order valence-electron chi connectivity index (χ0n) is 12.8. The summed E-state index contributed by atoms with van der Waals surface area (Å²) in [7, 11) is 0. The highest BCUT2D eigenvalue weighted by molar-refractivity contribution is 7.11. The minimum atomic E-state index is -4.22. The molecule has 1 aromatic rings. The molecule has 0 aliphatic carbocycles. The van der Waals surface area contributed by atoms with Crippen LogP contribution in [0.4, 0.5) is 18.0 Å². The summed E-state index contributed by atoms with van der Waals surface area (Å²) in [6.07, 6.45) is -2.55. The molecule has 0 bridgehead atoms. The molecule has 2 amide bonds. The van der Waals surface area contributed by atoms with E-state index in [1.807, 2.05) is 6.92 Å². The molecule has 8 heteroatoms. The molecule has 4 nitrogen and oxygen atoms in total. The fourth-order valence-corrected chi connectivity index (χ4v) is 3.61. The van der Waals surface area contributed by atoms with E-state index in [0.717, 1.165) is 9.88 Å². The largest absolute Gasteiger partial charge is 0.392 e. The number of urea groups is 1. The van der Waals surface area contributed by atoms with E-state index < -0.39 is 17.5 Å². The van der Waals surface area contributed by atoms with Gasteiger partial charge in [-0.05, 0) is 18.8 Å². The molecule has 1 aromatic heterocycles. The van der Waals surface area contributed by atoms with Crippen LogP contribution in [0.15, 0.2) is 6.20 Å². The van der Waals surface area contributed by atoms with E-state index in [-0.39, 0.29) is 25.5 Å². The van der Waals surface area contributed by atoms with Crippen molar-refractivity contribution in [1.29, 1.82) is 0 Å². The van der Waals surface area contributed by atoms with Gasteiger partial charge in [-0.15, -0.1) is 11.3 Å². The monoisotopic (exact) mass is 335 g/mol. The Balaban J connectivity index is 1.92. The number of piperidine rings is 1. The fraction of sp³-hybridized carbons (Fsp3) is 0.714. The fourth-order valence-electron chi connectivity index (χ4n) is 2.88. The third kappa shape index (κ3) is 3.91. The molecule has 124 valence electrons. The van der Waals surface area contributed by atoms with E-state index in [9.17, 15) is 18.0 Å². The Hall–Kier alpha value is -1.31. The predicted octanol–water partition coefficient (Wildman–Crippen LogP) is 3.57. The van der Waals surface area contributed by atoms with Gasteiger partial charge in [-0.2, -0.15) is 13.2 Å². The third-order valence-electron chi connectivity index (χ3n) is 3.97. The first kappa shape index (κ1) is 17.1. The zero-order chi connectivity index (χ0) is 16.5. The van der Waals surface area contributed by atoms with Crippen molar-refractivity contribution in [2.45, 2.75) is 39.9 Å². The average Bonchev–Trinajstić information content (AvgIpc) is 2.79. The Bertz CT molecular complexity index is 542. The van der Waals surface area contributed by atoms with Gasteiger partial charge in [-0.1, -0.05) is 13.8 Å². The highest BCUT2D eigenvalue weighted by Crippen LogP contribution is 2.44. The normalized spacial score (nSPS) is 21.7. The number of nitrogens with one attached hydrogen (secondary N) is 1. The van der Waals surface area contributed by atoms with Crippen LogP contribution in [0.3, 0.4) is 0 Å². The van der Waals surface area contributed by atoms with Crippen LogP contribution in [-0.4, -0.2) is 35.2 Å². The van der Waals surface area contributed by atoms with Crippen LogP contribution in [0, 0.1) is 18.3 Å². The van der Waals surface area contributed by atoms with Crippen molar-refractivity contribution < 1.29 is 18.0 Å². The molecule has 0 spiro atoms. The van der Waals surface area contributed by atoms with E-state index in [2.05, 4.69) is 10.3 Å². The number of nitrogens with zero attached hydrogens (tertiary/aromatic N) is 2. The van der Waals surface area contributed by atoms with Crippen molar-refractivity contribution in [3.05, 3.63) is 16.1 Å². The maximum atomic E-state index is 13.0. The minimum absolute atomic E-state index is 0.0553. The lowest BCUT2D eigenvalue weighted by atomic mass is 9.73. The topological polar surface area (TPSA) is 45.2 Å². The summed E-state index contributed by atoms with van der Waals surface area (Å²) in [5, 5.41) is 3.51. The number of amides is 2. The molecule has 1 unspecified atom stereocenters. The first-order valence-corrected chi connectivity index (χ1v) is 7.92. The van der Waals surface area contributed by atoms with E-state index in [0.29, 0.717) is 6.54 Å². The SMILES string of the molecule is Cc1cnc(CNC(=O)N2CCC(C(F)(F)F)C(C)(C)C2)s1. The van der Waals surface area contributed by atoms with Gasteiger partial charge in [0.1, 0.15) is 5.01 Å². The zero-order valence-corrected chi connectivity index (χ0v) is 13.6. The quantitative estimate of drug-likeness (QED) is 0.898. The molecule has 1 aliphatic heterocycles. The smallest absolute Gasteiger partial charge is 0.331 e. The summed E-state index contributed by atoms with van der Waals surface area (Å²) < 4.78 is 39.0. The van der Waals surface area contributed by atoms with Gasteiger partial charge in [-0.3, -0.25) is 0 Å². The maximum absolute atomic E-state index is 13.0. The van der Waals surface area contributed by atoms with Crippen LogP contribution >= 0.6 is 11.3 Å². The van der Waals surface area contributed by atoms with Crippen LogP contribution < -0.4 is 5.32 Å². The molecule has 1 saturated heterocycles. The average molecular weight is 335 g/mol. The van der Waals surface area contributed by atoms with Gasteiger partial charge in [0.05, 0.1) is 12.5 Å². The van der Waals surface area contributed by atoms with Crippen LogP contribution in [0.25, 0.3) is 0 Å². The number of hydrogen-bond donors (Lipinski definition) is 1. The predicted molar refractivity (Wildman–Crippen MR) is 78.6 cm³/mol. The Morgan fingerprint density at radius 3 is 2.73 bits per heavy atom. The number of hydrogen-bond acceptors (Lipinski definition) is 3. The van der Waals surface area contributed by atoms with Crippen molar-refractivity contribution >= 4 is 17.4 Å². The maximum Gasteiger partial charge on any atom is 0.392 e. The van der Waals surface area contributed by atoms with Crippen molar-refractivity contribution in [3.8, 4) is 0 Å². The first-order chi connectivity index (χ1) is 10.1. The molecule has 1 N–H and O–H groups in total. The highest BCUT2D eigenvalue weighted by Gasteiger charge is 2.51. The molecule has 1 aliphatic rings. The van der Waals surface area contributed by atoms with Crippen LogP contribution in [0.1, 0.15) is 30.2 Å². The van der Waals surface area contributed by atoms with Crippen LogP contribution in [-0.2, 0) is 6.54 Å². The molecule has 0 radical (unpaired) electrons. The van der Waals surface area contributed by atoms with Gasteiger partial charge in [-0.25, -0.2) is 9.78 Å². The molecule has 2 rings (SSSR count). The third-order valence-corrected chi connectivity index (χ3v) is 4.88. The first-order valence-electron chi connectivity index (χ1n) is 7.10. The van der Waals surface area contributed by atoms with Gasteiger partial charge in [0.2, 0.25) is 0 Å². The van der Waals surface area contributed by atoms with Crippen LogP contribution in [0.5, 0.6) is 0 Å². The highest BCUT2D eigenvalue weighted by atomic mass is 32.1. The van der Waals surface area contributed by atoms with E-state index in [4.69, 9.17) is 0 Å². The molecule has 0 saturated carbocycles. The van der Waals surface area contributed by atoms with Gasteiger partial charge in [0.25, 0.3) is 0 Å². The number of halogens is 3. The second kappa shape index (κ2) is 6.06. The summed E-state index contributed by atoms with van der Waals surface area (Å²) >= 11 is 1.49. The Labute approximate surface area is 131 Å². The van der Waals surface area contributed by atoms with Crippen molar-refractivity contribution in [3.63, 3.8) is 0 Å². The molecule has 0 aromatic carbocycles. The van der Waals surface area contributed by atoms with Gasteiger partial charge < -0.3 is 10.2 Å². The summed E-state index contributed by atoms with van der Waals surface area (Å²) in [5.74, 6) is -1.37. The molecule has 22 heavy (non-hydrogen) atoms. The molecular weight excluding hydrogens is 315 g/mol.